The molecule has 1 saturated heterocycles. The summed E-state index contributed by atoms with van der Waals surface area (Å²) in [5.41, 5.74) is 0. The molecule has 6 heteroatoms. The third-order valence-corrected chi connectivity index (χ3v) is 2.72. The molecule has 19 heavy (non-hydrogen) atoms. The molecule has 0 N–H and O–H groups in total. The van der Waals surface area contributed by atoms with Gasteiger partial charge in [-0.25, -0.2) is 4.79 Å². The summed E-state index contributed by atoms with van der Waals surface area (Å²) in [4.78, 5) is 37.6. The van der Waals surface area contributed by atoms with E-state index in [0.29, 0.717) is 13.2 Å². The van der Waals surface area contributed by atoms with Crippen LogP contribution >= 0.6 is 0 Å². The SMILES string of the molecule is CCCN1CC(=O)N(C/C=C/C(=O)OCC)CC1=O. The first-order valence-electron chi connectivity index (χ1n) is 6.47. The summed E-state index contributed by atoms with van der Waals surface area (Å²) in [5, 5.41) is 0. The normalized spacial score (nSPS) is 16.3. The van der Waals surface area contributed by atoms with E-state index in [1.807, 2.05) is 6.92 Å². The molecule has 0 aromatic rings. The van der Waals surface area contributed by atoms with Crippen molar-refractivity contribution in [3.05, 3.63) is 12.2 Å². The number of hydrogen-bond donors (Lipinski definition) is 0. The van der Waals surface area contributed by atoms with Gasteiger partial charge in [0.25, 0.3) is 0 Å². The van der Waals surface area contributed by atoms with E-state index in [4.69, 9.17) is 4.74 Å². The van der Waals surface area contributed by atoms with E-state index < -0.39 is 5.97 Å². The second kappa shape index (κ2) is 7.56. The van der Waals surface area contributed by atoms with Crippen LogP contribution in [0.1, 0.15) is 20.3 Å². The Hall–Kier alpha value is -1.85. The molecule has 1 aliphatic rings. The Bertz CT molecular complexity index is 379. The monoisotopic (exact) mass is 268 g/mol. The number of rotatable bonds is 6. The lowest BCUT2D eigenvalue weighted by molar-refractivity contribution is -0.149. The van der Waals surface area contributed by atoms with Crippen molar-refractivity contribution in [2.24, 2.45) is 0 Å². The van der Waals surface area contributed by atoms with Crippen molar-refractivity contribution < 1.29 is 19.1 Å². The first-order valence-corrected chi connectivity index (χ1v) is 6.47. The fraction of sp³-hybridized carbons (Fsp3) is 0.615. The molecule has 0 saturated carbocycles. The molecule has 0 unspecified atom stereocenters. The van der Waals surface area contributed by atoms with Crippen LogP contribution in [0.5, 0.6) is 0 Å². The smallest absolute Gasteiger partial charge is 0.330 e. The van der Waals surface area contributed by atoms with Gasteiger partial charge in [0, 0.05) is 19.2 Å². The van der Waals surface area contributed by atoms with Crippen molar-refractivity contribution in [2.45, 2.75) is 20.3 Å². The molecule has 0 bridgehead atoms. The molecular weight excluding hydrogens is 248 g/mol. The van der Waals surface area contributed by atoms with Gasteiger partial charge in [-0.3, -0.25) is 9.59 Å². The van der Waals surface area contributed by atoms with E-state index in [-0.39, 0.29) is 31.4 Å². The van der Waals surface area contributed by atoms with E-state index in [1.54, 1.807) is 17.9 Å². The zero-order valence-corrected chi connectivity index (χ0v) is 11.4. The van der Waals surface area contributed by atoms with E-state index in [2.05, 4.69) is 0 Å². The van der Waals surface area contributed by atoms with Gasteiger partial charge in [-0.1, -0.05) is 13.0 Å². The molecule has 0 aromatic heterocycles. The van der Waals surface area contributed by atoms with Gasteiger partial charge in [0.1, 0.15) is 6.54 Å². The van der Waals surface area contributed by atoms with Crippen molar-refractivity contribution in [3.63, 3.8) is 0 Å². The lowest BCUT2D eigenvalue weighted by Gasteiger charge is -2.33. The zero-order chi connectivity index (χ0) is 14.3. The molecule has 106 valence electrons. The van der Waals surface area contributed by atoms with Crippen LogP contribution in [0, 0.1) is 0 Å². The summed E-state index contributed by atoms with van der Waals surface area (Å²) < 4.78 is 4.72. The molecule has 6 nitrogen and oxygen atoms in total. The number of carbonyl (C=O) groups is 3. The van der Waals surface area contributed by atoms with Crippen LogP contribution < -0.4 is 0 Å². The largest absolute Gasteiger partial charge is 0.463 e. The lowest BCUT2D eigenvalue weighted by atomic mass is 10.2. The zero-order valence-electron chi connectivity index (χ0n) is 11.4. The second-order valence-corrected chi connectivity index (χ2v) is 4.24. The Balaban J connectivity index is 2.46. The summed E-state index contributed by atoms with van der Waals surface area (Å²) in [7, 11) is 0. The van der Waals surface area contributed by atoms with Gasteiger partial charge in [0.05, 0.1) is 13.2 Å². The van der Waals surface area contributed by atoms with E-state index in [1.165, 1.54) is 11.0 Å². The van der Waals surface area contributed by atoms with Gasteiger partial charge in [-0.15, -0.1) is 0 Å². The van der Waals surface area contributed by atoms with Crippen molar-refractivity contribution >= 4 is 17.8 Å². The molecule has 0 atom stereocenters. The van der Waals surface area contributed by atoms with Crippen molar-refractivity contribution in [1.29, 1.82) is 0 Å². The quantitative estimate of drug-likeness (QED) is 0.509. The molecule has 0 aromatic carbocycles. The highest BCUT2D eigenvalue weighted by molar-refractivity contribution is 5.92. The number of amides is 2. The number of nitrogens with zero attached hydrogens (tertiary/aromatic N) is 2. The van der Waals surface area contributed by atoms with Crippen LogP contribution in [0.15, 0.2) is 12.2 Å². The summed E-state index contributed by atoms with van der Waals surface area (Å²) in [6.07, 6.45) is 3.65. The first-order chi connectivity index (χ1) is 9.08. The second-order valence-electron chi connectivity index (χ2n) is 4.24. The highest BCUT2D eigenvalue weighted by Crippen LogP contribution is 2.05. The number of ether oxygens (including phenoxy) is 1. The minimum absolute atomic E-state index is 0.0500. The van der Waals surface area contributed by atoms with Crippen LogP contribution in [0.3, 0.4) is 0 Å². The number of esters is 1. The maximum atomic E-state index is 11.8. The summed E-state index contributed by atoms with van der Waals surface area (Å²) in [6, 6.07) is 0. The van der Waals surface area contributed by atoms with Gasteiger partial charge in [0.15, 0.2) is 0 Å². The minimum Gasteiger partial charge on any atom is -0.463 e. The summed E-state index contributed by atoms with van der Waals surface area (Å²) in [6.45, 7) is 5.07. The fourth-order valence-corrected chi connectivity index (χ4v) is 1.81. The van der Waals surface area contributed by atoms with Crippen molar-refractivity contribution in [3.8, 4) is 0 Å². The average Bonchev–Trinajstić information content (AvgIpc) is 2.35. The first kappa shape index (κ1) is 15.2. The van der Waals surface area contributed by atoms with Crippen LogP contribution in [0.2, 0.25) is 0 Å². The highest BCUT2D eigenvalue weighted by Gasteiger charge is 2.28. The van der Waals surface area contributed by atoms with Crippen LogP contribution in [-0.2, 0) is 19.1 Å². The maximum Gasteiger partial charge on any atom is 0.330 e. The Kier molecular flexibility index (Phi) is 6.05. The van der Waals surface area contributed by atoms with E-state index >= 15 is 0 Å². The minimum atomic E-state index is -0.439. The summed E-state index contributed by atoms with van der Waals surface area (Å²) >= 11 is 0. The predicted molar refractivity (Wildman–Crippen MR) is 69.2 cm³/mol. The number of carbonyl (C=O) groups excluding carboxylic acids is 3. The molecule has 0 aliphatic carbocycles. The Labute approximate surface area is 113 Å². The van der Waals surface area contributed by atoms with Gasteiger partial charge in [-0.2, -0.15) is 0 Å². The van der Waals surface area contributed by atoms with Crippen molar-refractivity contribution in [1.82, 2.24) is 9.80 Å². The van der Waals surface area contributed by atoms with Crippen molar-refractivity contribution in [2.75, 3.05) is 32.8 Å². The van der Waals surface area contributed by atoms with E-state index in [0.717, 1.165) is 6.42 Å². The highest BCUT2D eigenvalue weighted by atomic mass is 16.5. The van der Waals surface area contributed by atoms with E-state index in [9.17, 15) is 14.4 Å². The molecule has 1 rings (SSSR count). The number of piperazine rings is 1. The lowest BCUT2D eigenvalue weighted by Crippen LogP contribution is -2.53. The third kappa shape index (κ3) is 4.73. The van der Waals surface area contributed by atoms with Crippen LogP contribution in [-0.4, -0.2) is 60.4 Å². The molecular formula is C13H20N2O4. The average molecular weight is 268 g/mol. The number of hydrogen-bond acceptors (Lipinski definition) is 4. The van der Waals surface area contributed by atoms with Gasteiger partial charge in [-0.05, 0) is 13.3 Å². The Morgan fingerprint density at radius 2 is 1.84 bits per heavy atom. The van der Waals surface area contributed by atoms with Gasteiger partial charge in [0.2, 0.25) is 11.8 Å². The maximum absolute atomic E-state index is 11.8. The molecule has 1 fully saturated rings. The van der Waals surface area contributed by atoms with Crippen LogP contribution in [0.4, 0.5) is 0 Å². The molecule has 2 amide bonds. The molecule has 1 aliphatic heterocycles. The summed E-state index contributed by atoms with van der Waals surface area (Å²) in [5.74, 6) is -0.585. The standard InChI is InChI=1S/C13H20N2O4/c1-3-7-14-9-12(17)15(10-11(14)16)8-5-6-13(18)19-4-2/h5-6H,3-4,7-10H2,1-2H3/b6-5+. The van der Waals surface area contributed by atoms with Gasteiger partial charge < -0.3 is 14.5 Å². The third-order valence-electron chi connectivity index (χ3n) is 2.72. The predicted octanol–water partition coefficient (Wildman–Crippen LogP) is 0.187. The Morgan fingerprint density at radius 1 is 1.21 bits per heavy atom. The van der Waals surface area contributed by atoms with Gasteiger partial charge >= 0.3 is 5.97 Å². The molecule has 1 heterocycles. The molecule has 0 radical (unpaired) electrons. The fourth-order valence-electron chi connectivity index (χ4n) is 1.81. The Morgan fingerprint density at radius 3 is 2.47 bits per heavy atom. The van der Waals surface area contributed by atoms with Crippen LogP contribution in [0.25, 0.3) is 0 Å². The topological polar surface area (TPSA) is 66.9 Å². The molecule has 0 spiro atoms.